The van der Waals surface area contributed by atoms with Crippen LogP contribution in [-0.4, -0.2) is 102 Å². The van der Waals surface area contributed by atoms with Crippen molar-refractivity contribution < 1.29 is 14.8 Å². The number of rotatable bonds is 3. The van der Waals surface area contributed by atoms with E-state index in [-0.39, 0.29) is 11.7 Å². The molecular formula is C24H31N7O3. The van der Waals surface area contributed by atoms with Crippen LogP contribution in [0.3, 0.4) is 0 Å². The van der Waals surface area contributed by atoms with Crippen molar-refractivity contribution in [3.05, 3.63) is 41.6 Å². The van der Waals surface area contributed by atoms with Crippen molar-refractivity contribution >= 4 is 17.8 Å². The molecule has 1 aromatic carbocycles. The summed E-state index contributed by atoms with van der Waals surface area (Å²) in [5.41, 5.74) is 3.12. The molecule has 0 bridgehead atoms. The first-order chi connectivity index (χ1) is 16.6. The smallest absolute Gasteiger partial charge is 0.254 e. The zero-order valence-corrected chi connectivity index (χ0v) is 19.4. The third kappa shape index (κ3) is 4.83. The molecule has 2 unspecified atom stereocenters. The lowest BCUT2D eigenvalue weighted by molar-refractivity contribution is -0.135. The molecule has 0 aliphatic carbocycles. The van der Waals surface area contributed by atoms with E-state index >= 15 is 0 Å². The van der Waals surface area contributed by atoms with E-state index in [1.54, 1.807) is 10.4 Å². The van der Waals surface area contributed by atoms with Crippen molar-refractivity contribution in [3.8, 4) is 6.19 Å². The lowest BCUT2D eigenvalue weighted by Gasteiger charge is -2.45. The third-order valence-corrected chi connectivity index (χ3v) is 7.25. The topological polar surface area (TPSA) is 116 Å². The van der Waals surface area contributed by atoms with E-state index in [1.807, 2.05) is 42.3 Å². The van der Waals surface area contributed by atoms with Crippen molar-refractivity contribution in [1.29, 1.82) is 5.26 Å². The lowest BCUT2D eigenvalue weighted by atomic mass is 9.87. The highest BCUT2D eigenvalue weighted by Crippen LogP contribution is 2.36. The maximum absolute atomic E-state index is 12.9. The van der Waals surface area contributed by atoms with Crippen LogP contribution >= 0.6 is 0 Å². The molecule has 3 atom stereocenters. The highest BCUT2D eigenvalue weighted by Gasteiger charge is 2.46. The van der Waals surface area contributed by atoms with Crippen LogP contribution in [-0.2, 0) is 9.59 Å². The van der Waals surface area contributed by atoms with E-state index in [0.717, 1.165) is 32.6 Å². The number of nitrogens with one attached hydrogen (secondary N) is 1. The van der Waals surface area contributed by atoms with Gasteiger partial charge in [0, 0.05) is 45.3 Å². The number of guanidine groups is 1. The summed E-state index contributed by atoms with van der Waals surface area (Å²) in [6.45, 7) is 4.92. The predicted molar refractivity (Wildman–Crippen MR) is 125 cm³/mol. The van der Waals surface area contributed by atoms with Gasteiger partial charge in [-0.2, -0.15) is 5.26 Å². The average Bonchev–Trinajstić information content (AvgIpc) is 3.37. The largest absolute Gasteiger partial charge is 0.339 e. The first kappa shape index (κ1) is 23.9. The molecule has 3 fully saturated rings. The Kier molecular flexibility index (Phi) is 7.60. The van der Waals surface area contributed by atoms with Gasteiger partial charge in [0.2, 0.25) is 12.2 Å². The normalized spacial score (nSPS) is 26.8. The summed E-state index contributed by atoms with van der Waals surface area (Å²) in [4.78, 5) is 37.2. The molecule has 10 heteroatoms. The number of piperazine rings is 1. The first-order valence-corrected chi connectivity index (χ1v) is 11.7. The fourth-order valence-electron chi connectivity index (χ4n) is 5.43. The number of likely N-dealkylation sites (N-methyl/N-ethyl adjacent to an activating group) is 1. The Hall–Kier alpha value is -3.22. The van der Waals surface area contributed by atoms with Gasteiger partial charge in [-0.15, -0.1) is 4.99 Å². The maximum Gasteiger partial charge on any atom is 0.254 e. The number of piperidine rings is 1. The van der Waals surface area contributed by atoms with Gasteiger partial charge in [-0.25, -0.2) is 10.3 Å². The highest BCUT2D eigenvalue weighted by atomic mass is 16.5. The molecule has 180 valence electrons. The Labute approximate surface area is 199 Å². The fraction of sp³-hybridized carbons (Fsp3) is 0.542. The summed E-state index contributed by atoms with van der Waals surface area (Å²) in [5, 5.41) is 18.9. The van der Waals surface area contributed by atoms with Gasteiger partial charge in [-0.05, 0) is 37.9 Å². The second-order valence-corrected chi connectivity index (χ2v) is 9.14. The molecule has 34 heavy (non-hydrogen) atoms. The van der Waals surface area contributed by atoms with Gasteiger partial charge >= 0.3 is 0 Å². The molecule has 3 aliphatic rings. The van der Waals surface area contributed by atoms with Gasteiger partial charge in [0.25, 0.3) is 5.91 Å². The molecule has 3 aliphatic heterocycles. The van der Waals surface area contributed by atoms with E-state index < -0.39 is 11.8 Å². The molecule has 0 radical (unpaired) electrons. The van der Waals surface area contributed by atoms with Crippen LogP contribution in [0.5, 0.6) is 0 Å². The standard InChI is InChI=1S/C24H31N7O3/c1-28-11-13-29(14-12-28)24(26-17-25)31-10-8-20(22(21(31)16-32)23(33)27-34)30-9-7-19(15-30)18-5-3-2-4-6-18/h2-6,19-20,22,34H,7-15H2,1H3,(H,27,33)/t19-,20?,22?/m0/s1. The molecule has 3 heterocycles. The third-order valence-electron chi connectivity index (χ3n) is 7.25. The SMILES string of the molecule is CN1CCN(C(=NC#N)N2CCC(N3CC[C@H](c4ccccc4)C3)C(C(=O)NO)C2=C=O)CC1. The minimum Gasteiger partial charge on any atom is -0.339 e. The van der Waals surface area contributed by atoms with Crippen molar-refractivity contribution in [1.82, 2.24) is 25.1 Å². The summed E-state index contributed by atoms with van der Waals surface area (Å²) in [5.74, 6) is 1.12. The fourth-order valence-corrected chi connectivity index (χ4v) is 5.43. The van der Waals surface area contributed by atoms with Crippen molar-refractivity contribution in [2.75, 3.05) is 52.9 Å². The summed E-state index contributed by atoms with van der Waals surface area (Å²) in [7, 11) is 2.03. The number of carbonyl (C=O) groups is 1. The van der Waals surface area contributed by atoms with Crippen molar-refractivity contribution in [2.24, 2.45) is 10.9 Å². The molecule has 1 aromatic rings. The average molecular weight is 466 g/mol. The van der Waals surface area contributed by atoms with Gasteiger partial charge in [0.05, 0.1) is 0 Å². The van der Waals surface area contributed by atoms with E-state index in [0.29, 0.717) is 37.9 Å². The highest BCUT2D eigenvalue weighted by molar-refractivity contribution is 5.90. The van der Waals surface area contributed by atoms with E-state index in [4.69, 9.17) is 0 Å². The Morgan fingerprint density at radius 2 is 1.85 bits per heavy atom. The molecule has 4 rings (SSSR count). The summed E-state index contributed by atoms with van der Waals surface area (Å²) >= 11 is 0. The van der Waals surface area contributed by atoms with Crippen LogP contribution in [0.25, 0.3) is 0 Å². The van der Waals surface area contributed by atoms with Gasteiger partial charge in [0.15, 0.2) is 0 Å². The molecule has 0 saturated carbocycles. The number of carbonyl (C=O) groups excluding carboxylic acids is 2. The Morgan fingerprint density at radius 3 is 2.50 bits per heavy atom. The van der Waals surface area contributed by atoms with Gasteiger partial charge in [-0.1, -0.05) is 30.3 Å². The number of nitrogens with zero attached hydrogens (tertiary/aromatic N) is 6. The molecule has 0 aromatic heterocycles. The Balaban J connectivity index is 1.58. The maximum atomic E-state index is 12.9. The summed E-state index contributed by atoms with van der Waals surface area (Å²) in [6, 6.07) is 10.0. The van der Waals surface area contributed by atoms with E-state index in [1.165, 1.54) is 5.56 Å². The monoisotopic (exact) mass is 465 g/mol. The van der Waals surface area contributed by atoms with Crippen LogP contribution in [0.4, 0.5) is 0 Å². The molecule has 3 saturated heterocycles. The minimum absolute atomic E-state index is 0.110. The number of benzene rings is 1. The van der Waals surface area contributed by atoms with Crippen LogP contribution in [0, 0.1) is 17.4 Å². The van der Waals surface area contributed by atoms with Crippen LogP contribution in [0.15, 0.2) is 41.0 Å². The second kappa shape index (κ2) is 10.8. The number of amides is 1. The van der Waals surface area contributed by atoms with Gasteiger partial charge < -0.3 is 14.7 Å². The zero-order chi connectivity index (χ0) is 24.1. The second-order valence-electron chi connectivity index (χ2n) is 9.14. The lowest BCUT2D eigenvalue weighted by Crippen LogP contribution is -2.59. The minimum atomic E-state index is -0.915. The number of hydrogen-bond donors (Lipinski definition) is 2. The molecular weight excluding hydrogens is 434 g/mol. The van der Waals surface area contributed by atoms with Gasteiger partial charge in [0.1, 0.15) is 17.6 Å². The van der Waals surface area contributed by atoms with Crippen LogP contribution in [0.1, 0.15) is 24.3 Å². The number of hydrogen-bond acceptors (Lipinski definition) is 7. The molecule has 10 nitrogen and oxygen atoms in total. The summed E-state index contributed by atoms with van der Waals surface area (Å²) in [6.07, 6.45) is 3.40. The molecule has 0 spiro atoms. The predicted octanol–water partition coefficient (Wildman–Crippen LogP) is 0.472. The summed E-state index contributed by atoms with van der Waals surface area (Å²) < 4.78 is 0. The van der Waals surface area contributed by atoms with Crippen molar-refractivity contribution in [3.63, 3.8) is 0 Å². The van der Waals surface area contributed by atoms with Crippen LogP contribution < -0.4 is 5.48 Å². The number of likely N-dealkylation sites (tertiary alicyclic amines) is 2. The number of nitriles is 1. The Bertz CT molecular complexity index is 994. The van der Waals surface area contributed by atoms with Crippen molar-refractivity contribution in [2.45, 2.75) is 24.8 Å². The van der Waals surface area contributed by atoms with Gasteiger partial charge in [-0.3, -0.25) is 14.9 Å². The first-order valence-electron chi connectivity index (χ1n) is 11.7. The Morgan fingerprint density at radius 1 is 1.12 bits per heavy atom. The van der Waals surface area contributed by atoms with E-state index in [2.05, 4.69) is 26.9 Å². The number of aliphatic imine (C=N–C) groups is 1. The quantitative estimate of drug-likeness (QED) is 0.165. The van der Waals surface area contributed by atoms with Crippen LogP contribution in [0.2, 0.25) is 0 Å². The number of hydroxylamine groups is 1. The molecule has 2 N–H and O–H groups in total. The molecule has 1 amide bonds. The zero-order valence-electron chi connectivity index (χ0n) is 19.4. The van der Waals surface area contributed by atoms with E-state index in [9.17, 15) is 20.1 Å².